The highest BCUT2D eigenvalue weighted by molar-refractivity contribution is 5.34. The van der Waals surface area contributed by atoms with Crippen molar-refractivity contribution in [3.63, 3.8) is 0 Å². The van der Waals surface area contributed by atoms with Gasteiger partial charge in [0.05, 0.1) is 0 Å². The number of hydrogen-bond acceptors (Lipinski definition) is 1. The zero-order valence-corrected chi connectivity index (χ0v) is 10.5. The summed E-state index contributed by atoms with van der Waals surface area (Å²) in [6.07, 6.45) is 0.391. The number of nitrogens with one attached hydrogen (secondary N) is 1. The van der Waals surface area contributed by atoms with E-state index in [1.807, 2.05) is 12.1 Å². The highest BCUT2D eigenvalue weighted by Crippen LogP contribution is 2.28. The van der Waals surface area contributed by atoms with Crippen LogP contribution in [0, 0.1) is 11.6 Å². The molecule has 0 aromatic heterocycles. The summed E-state index contributed by atoms with van der Waals surface area (Å²) in [7, 11) is 0. The molecule has 2 aromatic carbocycles. The standard InChI is InChI=1S/C16H15F2N/c17-15-6-3-7-16(18)14(15)8-12-10-19-9-11-4-1-2-5-13(11)12/h1-7,12,19H,8-10H2. The summed E-state index contributed by atoms with van der Waals surface area (Å²) >= 11 is 0. The van der Waals surface area contributed by atoms with Gasteiger partial charge in [-0.1, -0.05) is 30.3 Å². The lowest BCUT2D eigenvalue weighted by Gasteiger charge is -2.26. The Balaban J connectivity index is 1.93. The lowest BCUT2D eigenvalue weighted by molar-refractivity contribution is 0.501. The van der Waals surface area contributed by atoms with Crippen LogP contribution in [0.3, 0.4) is 0 Å². The number of halogens is 2. The Kier molecular flexibility index (Phi) is 3.30. The molecule has 0 fully saturated rings. The molecular formula is C16H15F2N. The fourth-order valence-corrected chi connectivity index (χ4v) is 2.74. The first-order valence-electron chi connectivity index (χ1n) is 6.47. The Hall–Kier alpha value is -1.74. The van der Waals surface area contributed by atoms with Crippen molar-refractivity contribution in [2.24, 2.45) is 0 Å². The van der Waals surface area contributed by atoms with Gasteiger partial charge in [-0.2, -0.15) is 0 Å². The van der Waals surface area contributed by atoms with Crippen LogP contribution in [-0.4, -0.2) is 6.54 Å². The molecular weight excluding hydrogens is 244 g/mol. The van der Waals surface area contributed by atoms with Crippen molar-refractivity contribution in [1.82, 2.24) is 5.32 Å². The van der Waals surface area contributed by atoms with Gasteiger partial charge >= 0.3 is 0 Å². The van der Waals surface area contributed by atoms with Crippen LogP contribution in [0.15, 0.2) is 42.5 Å². The first kappa shape index (κ1) is 12.3. The third-order valence-electron chi connectivity index (χ3n) is 3.71. The average molecular weight is 259 g/mol. The molecule has 0 aliphatic carbocycles. The van der Waals surface area contributed by atoms with Crippen LogP contribution < -0.4 is 5.32 Å². The fraction of sp³-hybridized carbons (Fsp3) is 0.250. The SMILES string of the molecule is Fc1cccc(F)c1CC1CNCc2ccccc21. The lowest BCUT2D eigenvalue weighted by atomic mass is 9.86. The Morgan fingerprint density at radius 1 is 1.00 bits per heavy atom. The minimum absolute atomic E-state index is 0.122. The first-order chi connectivity index (χ1) is 9.25. The zero-order valence-electron chi connectivity index (χ0n) is 10.5. The highest BCUT2D eigenvalue weighted by atomic mass is 19.1. The van der Waals surface area contributed by atoms with Gasteiger partial charge in [-0.05, 0) is 29.7 Å². The molecule has 2 aromatic rings. The molecule has 0 saturated carbocycles. The topological polar surface area (TPSA) is 12.0 Å². The normalized spacial score (nSPS) is 18.1. The molecule has 1 N–H and O–H groups in total. The van der Waals surface area contributed by atoms with E-state index >= 15 is 0 Å². The van der Waals surface area contributed by atoms with Crippen molar-refractivity contribution in [3.05, 3.63) is 70.8 Å². The molecule has 0 spiro atoms. The summed E-state index contributed by atoms with van der Waals surface area (Å²) in [5, 5.41) is 3.31. The lowest BCUT2D eigenvalue weighted by Crippen LogP contribution is -2.29. The third kappa shape index (κ3) is 2.38. The predicted octanol–water partition coefficient (Wildman–Crippen LogP) is 3.39. The van der Waals surface area contributed by atoms with Gasteiger partial charge in [0.2, 0.25) is 0 Å². The molecule has 3 rings (SSSR count). The second-order valence-electron chi connectivity index (χ2n) is 4.93. The molecule has 0 amide bonds. The molecule has 1 atom stereocenters. The highest BCUT2D eigenvalue weighted by Gasteiger charge is 2.22. The van der Waals surface area contributed by atoms with Crippen molar-refractivity contribution in [3.8, 4) is 0 Å². The maximum atomic E-state index is 13.7. The number of hydrogen-bond donors (Lipinski definition) is 1. The molecule has 98 valence electrons. The minimum atomic E-state index is -0.456. The second-order valence-corrected chi connectivity index (χ2v) is 4.93. The van der Waals surface area contributed by atoms with Crippen LogP contribution in [0.2, 0.25) is 0 Å². The van der Waals surface area contributed by atoms with Crippen LogP contribution in [-0.2, 0) is 13.0 Å². The van der Waals surface area contributed by atoms with Gasteiger partial charge in [0.25, 0.3) is 0 Å². The summed E-state index contributed by atoms with van der Waals surface area (Å²) in [5.74, 6) is -0.789. The van der Waals surface area contributed by atoms with Crippen molar-refractivity contribution in [2.45, 2.75) is 18.9 Å². The summed E-state index contributed by atoms with van der Waals surface area (Å²) < 4.78 is 27.4. The summed E-state index contributed by atoms with van der Waals surface area (Å²) in [6, 6.07) is 12.1. The molecule has 1 unspecified atom stereocenters. The van der Waals surface area contributed by atoms with E-state index in [-0.39, 0.29) is 11.5 Å². The van der Waals surface area contributed by atoms with Gasteiger partial charge < -0.3 is 5.32 Å². The van der Waals surface area contributed by atoms with E-state index in [1.165, 1.54) is 29.3 Å². The first-order valence-corrected chi connectivity index (χ1v) is 6.47. The molecule has 3 heteroatoms. The van der Waals surface area contributed by atoms with E-state index in [4.69, 9.17) is 0 Å². The number of rotatable bonds is 2. The predicted molar refractivity (Wildman–Crippen MR) is 71.0 cm³/mol. The third-order valence-corrected chi connectivity index (χ3v) is 3.71. The van der Waals surface area contributed by atoms with E-state index in [1.54, 1.807) is 0 Å². The van der Waals surface area contributed by atoms with E-state index in [2.05, 4.69) is 17.4 Å². The van der Waals surface area contributed by atoms with Crippen LogP contribution in [0.1, 0.15) is 22.6 Å². The van der Waals surface area contributed by atoms with Crippen molar-refractivity contribution >= 4 is 0 Å². The van der Waals surface area contributed by atoms with Crippen LogP contribution in [0.25, 0.3) is 0 Å². The van der Waals surface area contributed by atoms with Gasteiger partial charge in [0.15, 0.2) is 0 Å². The number of fused-ring (bicyclic) bond motifs is 1. The molecule has 19 heavy (non-hydrogen) atoms. The number of benzene rings is 2. The van der Waals surface area contributed by atoms with E-state index in [0.717, 1.165) is 13.1 Å². The Labute approximate surface area is 111 Å². The smallest absolute Gasteiger partial charge is 0.129 e. The molecule has 0 saturated heterocycles. The van der Waals surface area contributed by atoms with Gasteiger partial charge in [-0.3, -0.25) is 0 Å². The summed E-state index contributed by atoms with van der Waals surface area (Å²) in [6.45, 7) is 1.58. The van der Waals surface area contributed by atoms with Crippen molar-refractivity contribution < 1.29 is 8.78 Å². The average Bonchev–Trinajstić information content (AvgIpc) is 2.43. The Morgan fingerprint density at radius 3 is 2.53 bits per heavy atom. The molecule has 1 aliphatic heterocycles. The minimum Gasteiger partial charge on any atom is -0.312 e. The maximum Gasteiger partial charge on any atom is 0.129 e. The monoisotopic (exact) mass is 259 g/mol. The Morgan fingerprint density at radius 2 is 1.74 bits per heavy atom. The summed E-state index contributed by atoms with van der Waals surface area (Å²) in [4.78, 5) is 0. The molecule has 1 heterocycles. The quantitative estimate of drug-likeness (QED) is 0.871. The molecule has 0 bridgehead atoms. The van der Waals surface area contributed by atoms with Crippen LogP contribution in [0.4, 0.5) is 8.78 Å². The van der Waals surface area contributed by atoms with Crippen LogP contribution in [0.5, 0.6) is 0 Å². The van der Waals surface area contributed by atoms with Crippen LogP contribution >= 0.6 is 0 Å². The van der Waals surface area contributed by atoms with Gasteiger partial charge in [-0.15, -0.1) is 0 Å². The van der Waals surface area contributed by atoms with E-state index < -0.39 is 11.6 Å². The van der Waals surface area contributed by atoms with Crippen molar-refractivity contribution in [2.75, 3.05) is 6.54 Å². The largest absolute Gasteiger partial charge is 0.312 e. The van der Waals surface area contributed by atoms with E-state index in [9.17, 15) is 8.78 Å². The fourth-order valence-electron chi connectivity index (χ4n) is 2.74. The zero-order chi connectivity index (χ0) is 13.2. The molecule has 1 nitrogen and oxygen atoms in total. The van der Waals surface area contributed by atoms with Gasteiger partial charge in [0.1, 0.15) is 11.6 Å². The van der Waals surface area contributed by atoms with Gasteiger partial charge in [0, 0.05) is 24.6 Å². The molecule has 0 radical (unpaired) electrons. The summed E-state index contributed by atoms with van der Waals surface area (Å²) in [5.41, 5.74) is 2.60. The van der Waals surface area contributed by atoms with Crippen molar-refractivity contribution in [1.29, 1.82) is 0 Å². The second kappa shape index (κ2) is 5.10. The van der Waals surface area contributed by atoms with E-state index in [0.29, 0.717) is 6.42 Å². The Bertz CT molecular complexity index is 575. The maximum absolute atomic E-state index is 13.7. The molecule has 1 aliphatic rings. The van der Waals surface area contributed by atoms with Gasteiger partial charge in [-0.25, -0.2) is 8.78 Å².